The number of fused-ring (bicyclic) bond motifs is 2. The highest BCUT2D eigenvalue weighted by Crippen LogP contribution is 2.32. The molecule has 0 amide bonds. The molecule has 1 aliphatic rings. The van der Waals surface area contributed by atoms with Crippen LogP contribution in [0.2, 0.25) is 0 Å². The Morgan fingerprint density at radius 2 is 2.08 bits per heavy atom. The van der Waals surface area contributed by atoms with E-state index in [-0.39, 0.29) is 5.78 Å². The van der Waals surface area contributed by atoms with Crippen LogP contribution in [0.25, 0.3) is 10.2 Å². The van der Waals surface area contributed by atoms with Crippen molar-refractivity contribution in [2.45, 2.75) is 10.8 Å². The molecule has 0 unspecified atom stereocenters. The molecule has 5 nitrogen and oxygen atoms in total. The summed E-state index contributed by atoms with van der Waals surface area (Å²) in [4.78, 5) is 17.1. The van der Waals surface area contributed by atoms with Gasteiger partial charge in [0.25, 0.3) is 0 Å². The Kier molecular flexibility index (Phi) is 4.50. The normalized spacial score (nSPS) is 14.0. The average molecular weight is 405 g/mol. The Bertz CT molecular complexity index is 1070. The molecule has 0 fully saturated rings. The summed E-state index contributed by atoms with van der Waals surface area (Å²) in [6.07, 6.45) is 1.84. The lowest BCUT2D eigenvalue weighted by Gasteiger charge is -2.16. The van der Waals surface area contributed by atoms with Crippen LogP contribution in [0.4, 0.5) is 5.69 Å². The molecule has 8 heteroatoms. The molecule has 1 aliphatic heterocycles. The van der Waals surface area contributed by atoms with Crippen LogP contribution in [0.3, 0.4) is 0 Å². The van der Waals surface area contributed by atoms with Gasteiger partial charge in [-0.25, -0.2) is 13.4 Å². The molecule has 0 N–H and O–H groups in total. The second-order valence-electron chi connectivity index (χ2n) is 6.09. The van der Waals surface area contributed by atoms with Crippen LogP contribution in [0.15, 0.2) is 46.8 Å². The summed E-state index contributed by atoms with van der Waals surface area (Å²) in [7, 11) is -3.27. The van der Waals surface area contributed by atoms with E-state index >= 15 is 0 Å². The molecule has 3 aromatic rings. The highest BCUT2D eigenvalue weighted by Gasteiger charge is 2.26. The van der Waals surface area contributed by atoms with Crippen molar-refractivity contribution < 1.29 is 13.2 Å². The van der Waals surface area contributed by atoms with Gasteiger partial charge >= 0.3 is 0 Å². The zero-order valence-corrected chi connectivity index (χ0v) is 16.5. The minimum Gasteiger partial charge on any atom is -0.293 e. The average Bonchev–Trinajstić information content (AvgIpc) is 3.22. The van der Waals surface area contributed by atoms with Crippen LogP contribution in [0.5, 0.6) is 0 Å². The second-order valence-corrected chi connectivity index (χ2v) is 10.2. The van der Waals surface area contributed by atoms with Gasteiger partial charge in [-0.05, 0) is 42.3 Å². The lowest BCUT2D eigenvalue weighted by atomic mass is 10.1. The molecular weight excluding hydrogens is 388 g/mol. The number of benzene rings is 2. The first-order chi connectivity index (χ1) is 12.4. The van der Waals surface area contributed by atoms with Crippen molar-refractivity contribution in [3.8, 4) is 0 Å². The molecule has 0 saturated carbocycles. The van der Waals surface area contributed by atoms with Crippen molar-refractivity contribution in [1.29, 1.82) is 0 Å². The van der Waals surface area contributed by atoms with Gasteiger partial charge in [-0.15, -0.1) is 11.3 Å². The van der Waals surface area contributed by atoms with Crippen LogP contribution in [-0.2, 0) is 16.4 Å². The van der Waals surface area contributed by atoms with Crippen molar-refractivity contribution in [3.63, 3.8) is 0 Å². The number of anilines is 1. The van der Waals surface area contributed by atoms with Gasteiger partial charge in [-0.2, -0.15) is 0 Å². The summed E-state index contributed by atoms with van der Waals surface area (Å²) in [5, 5.41) is 0. The quantitative estimate of drug-likeness (QED) is 0.480. The lowest BCUT2D eigenvalue weighted by molar-refractivity contribution is 0.102. The van der Waals surface area contributed by atoms with Gasteiger partial charge in [0.1, 0.15) is 0 Å². The van der Waals surface area contributed by atoms with E-state index in [1.807, 2.05) is 30.3 Å². The molecule has 0 bridgehead atoms. The second kappa shape index (κ2) is 6.68. The molecule has 0 saturated heterocycles. The number of carbonyl (C=O) groups excluding carboxylic acids is 1. The molecule has 0 radical (unpaired) electrons. The van der Waals surface area contributed by atoms with Crippen molar-refractivity contribution in [2.75, 3.05) is 22.9 Å². The number of aromatic nitrogens is 1. The molecule has 2 heterocycles. The van der Waals surface area contributed by atoms with Gasteiger partial charge in [0.15, 0.2) is 10.1 Å². The lowest BCUT2D eigenvalue weighted by Crippen LogP contribution is -2.27. The van der Waals surface area contributed by atoms with Gasteiger partial charge in [0.2, 0.25) is 10.0 Å². The molecule has 2 aromatic carbocycles. The van der Waals surface area contributed by atoms with Crippen molar-refractivity contribution in [1.82, 2.24) is 4.98 Å². The number of nitrogens with zero attached hydrogens (tertiary/aromatic N) is 2. The Hall–Kier alpha value is -1.90. The minimum absolute atomic E-state index is 0.0230. The molecule has 0 atom stereocenters. The number of para-hydroxylation sites is 1. The number of thiazole rings is 1. The monoisotopic (exact) mass is 404 g/mol. The molecule has 26 heavy (non-hydrogen) atoms. The van der Waals surface area contributed by atoms with Crippen LogP contribution in [-0.4, -0.2) is 37.7 Å². The highest BCUT2D eigenvalue weighted by atomic mass is 32.2. The number of hydrogen-bond donors (Lipinski definition) is 0. The summed E-state index contributed by atoms with van der Waals surface area (Å²) < 4.78 is 27.0. The smallest absolute Gasteiger partial charge is 0.232 e. The summed E-state index contributed by atoms with van der Waals surface area (Å²) >= 11 is 3.02. The maximum absolute atomic E-state index is 12.5. The van der Waals surface area contributed by atoms with Gasteiger partial charge in [-0.3, -0.25) is 9.10 Å². The molecule has 0 spiro atoms. The molecule has 134 valence electrons. The zero-order valence-electron chi connectivity index (χ0n) is 14.0. The maximum Gasteiger partial charge on any atom is 0.232 e. The van der Waals surface area contributed by atoms with Crippen LogP contribution >= 0.6 is 23.1 Å². The fraction of sp³-hybridized carbons (Fsp3) is 0.222. The maximum atomic E-state index is 12.5. The first-order valence-corrected chi connectivity index (χ1v) is 11.7. The van der Waals surface area contributed by atoms with Gasteiger partial charge < -0.3 is 0 Å². The summed E-state index contributed by atoms with van der Waals surface area (Å²) in [5.74, 6) is 0.337. The fourth-order valence-electron chi connectivity index (χ4n) is 3.01. The van der Waals surface area contributed by atoms with E-state index in [0.717, 1.165) is 20.1 Å². The molecule has 4 rings (SSSR count). The van der Waals surface area contributed by atoms with Crippen LogP contribution in [0.1, 0.15) is 15.9 Å². The third-order valence-electron chi connectivity index (χ3n) is 4.26. The molecule has 0 aliphatic carbocycles. The summed E-state index contributed by atoms with van der Waals surface area (Å²) in [5.41, 5.74) is 3.16. The number of rotatable bonds is 5. The van der Waals surface area contributed by atoms with E-state index in [9.17, 15) is 13.2 Å². The Balaban J connectivity index is 1.49. The van der Waals surface area contributed by atoms with E-state index in [2.05, 4.69) is 4.98 Å². The number of thioether (sulfide) groups is 1. The predicted molar refractivity (Wildman–Crippen MR) is 107 cm³/mol. The zero-order chi connectivity index (χ0) is 18.3. The number of carbonyl (C=O) groups is 1. The van der Waals surface area contributed by atoms with Crippen molar-refractivity contribution in [3.05, 3.63) is 53.6 Å². The Morgan fingerprint density at radius 3 is 2.85 bits per heavy atom. The third kappa shape index (κ3) is 3.36. The van der Waals surface area contributed by atoms with E-state index in [0.29, 0.717) is 30.0 Å². The summed E-state index contributed by atoms with van der Waals surface area (Å²) in [6.45, 7) is 0.437. The first kappa shape index (κ1) is 17.5. The first-order valence-electron chi connectivity index (χ1n) is 8.04. The molecule has 1 aromatic heterocycles. The number of hydrogen-bond acceptors (Lipinski definition) is 6. The predicted octanol–water partition coefficient (Wildman–Crippen LogP) is 3.59. The van der Waals surface area contributed by atoms with Crippen LogP contribution < -0.4 is 4.31 Å². The summed E-state index contributed by atoms with van der Waals surface area (Å²) in [6, 6.07) is 13.2. The van der Waals surface area contributed by atoms with E-state index in [1.165, 1.54) is 22.3 Å². The van der Waals surface area contributed by atoms with Gasteiger partial charge in [0, 0.05) is 12.1 Å². The standard InChI is InChI=1S/C18H16N2O3S3/c1-26(22,23)20-9-8-12-10-13(6-7-15(12)20)16(21)11-24-18-19-14-4-2-3-5-17(14)25-18/h2-7,10H,8-9,11H2,1H3. The Morgan fingerprint density at radius 1 is 1.27 bits per heavy atom. The number of sulfonamides is 1. The van der Waals surface area contributed by atoms with E-state index in [1.54, 1.807) is 23.5 Å². The largest absolute Gasteiger partial charge is 0.293 e. The number of ketones is 1. The minimum atomic E-state index is -3.27. The Labute approximate surface area is 160 Å². The van der Waals surface area contributed by atoms with Gasteiger partial charge in [-0.1, -0.05) is 23.9 Å². The fourth-order valence-corrected chi connectivity index (χ4v) is 5.93. The van der Waals surface area contributed by atoms with E-state index in [4.69, 9.17) is 0 Å². The highest BCUT2D eigenvalue weighted by molar-refractivity contribution is 8.01. The van der Waals surface area contributed by atoms with E-state index < -0.39 is 10.0 Å². The third-order valence-corrected chi connectivity index (χ3v) is 7.62. The van der Waals surface area contributed by atoms with Crippen molar-refractivity contribution in [2.24, 2.45) is 0 Å². The topological polar surface area (TPSA) is 67.3 Å². The molecular formula is C18H16N2O3S3. The van der Waals surface area contributed by atoms with Crippen LogP contribution in [0, 0.1) is 0 Å². The SMILES string of the molecule is CS(=O)(=O)N1CCc2cc(C(=O)CSc3nc4ccccc4s3)ccc21. The van der Waals surface area contributed by atoms with Gasteiger partial charge in [0.05, 0.1) is 27.9 Å². The van der Waals surface area contributed by atoms with Crippen molar-refractivity contribution >= 4 is 54.8 Å². The number of Topliss-reactive ketones (excluding diaryl/α,β-unsaturated/α-hetero) is 1.